The van der Waals surface area contributed by atoms with Gasteiger partial charge in [-0.3, -0.25) is 15.0 Å². The lowest BCUT2D eigenvalue weighted by Gasteiger charge is -2.35. The molecule has 0 atom stereocenters. The number of rotatable bonds is 2. The molecule has 4 nitrogen and oxygen atoms in total. The minimum atomic E-state index is -0.669. The highest BCUT2D eigenvalue weighted by Crippen LogP contribution is 2.30. The van der Waals surface area contributed by atoms with Gasteiger partial charge in [0.2, 0.25) is 0 Å². The summed E-state index contributed by atoms with van der Waals surface area (Å²) < 4.78 is 0. The minimum Gasteiger partial charge on any atom is -0.267 e. The van der Waals surface area contributed by atoms with Gasteiger partial charge in [-0.15, -0.1) is 0 Å². The van der Waals surface area contributed by atoms with Crippen molar-refractivity contribution in [3.05, 3.63) is 68.7 Å². The van der Waals surface area contributed by atoms with Crippen molar-refractivity contribution in [2.45, 2.75) is 26.3 Å². The van der Waals surface area contributed by atoms with Gasteiger partial charge in [-0.25, -0.2) is 5.01 Å². The fourth-order valence-electron chi connectivity index (χ4n) is 2.12. The average Bonchev–Trinajstić information content (AvgIpc) is 2.54. The number of benzene rings is 2. The fourth-order valence-corrected chi connectivity index (χ4v) is 2.80. The van der Waals surface area contributed by atoms with Gasteiger partial charge in [0.25, 0.3) is 11.8 Å². The van der Waals surface area contributed by atoms with Crippen LogP contribution in [0.2, 0.25) is 15.1 Å². The van der Waals surface area contributed by atoms with E-state index in [1.54, 1.807) is 45.0 Å². The van der Waals surface area contributed by atoms with Crippen LogP contribution >= 0.6 is 34.8 Å². The summed E-state index contributed by atoms with van der Waals surface area (Å²) in [5.41, 5.74) is 2.48. The number of hydrazine groups is 1. The molecule has 0 aromatic heterocycles. The number of halogens is 3. The van der Waals surface area contributed by atoms with Gasteiger partial charge in [-0.1, -0.05) is 53.0 Å². The Morgan fingerprint density at radius 2 is 1.60 bits per heavy atom. The molecule has 25 heavy (non-hydrogen) atoms. The van der Waals surface area contributed by atoms with Crippen molar-refractivity contribution in [2.24, 2.45) is 0 Å². The quantitative estimate of drug-likeness (QED) is 0.555. The molecule has 2 aromatic rings. The van der Waals surface area contributed by atoms with E-state index in [1.807, 2.05) is 6.07 Å². The lowest BCUT2D eigenvalue weighted by Crippen LogP contribution is -2.55. The second-order valence-corrected chi connectivity index (χ2v) is 7.59. The number of nitrogens with zero attached hydrogens (tertiary/aromatic N) is 1. The third-order valence-corrected chi connectivity index (χ3v) is 4.37. The van der Waals surface area contributed by atoms with Crippen molar-refractivity contribution >= 4 is 46.6 Å². The van der Waals surface area contributed by atoms with Crippen LogP contribution in [0.3, 0.4) is 0 Å². The zero-order valence-corrected chi connectivity index (χ0v) is 16.2. The monoisotopic (exact) mass is 398 g/mol. The average molecular weight is 400 g/mol. The molecule has 0 unspecified atom stereocenters. The van der Waals surface area contributed by atoms with E-state index in [0.717, 1.165) is 0 Å². The molecule has 2 amide bonds. The molecule has 0 bridgehead atoms. The lowest BCUT2D eigenvalue weighted by molar-refractivity contribution is 0.0358. The molecule has 0 fully saturated rings. The normalized spacial score (nSPS) is 11.1. The van der Waals surface area contributed by atoms with Gasteiger partial charge in [-0.2, -0.15) is 0 Å². The van der Waals surface area contributed by atoms with Crippen molar-refractivity contribution in [3.8, 4) is 0 Å². The number of amides is 2. The standard InChI is InChI=1S/C18H17Cl3N2O2/c1-18(2,3)23(17(25)11-7-5-4-6-8-11)22-16(24)13-9-12(19)10-14(20)15(13)21/h4-10H,1-3H3,(H,22,24). The SMILES string of the molecule is CC(C)(C)N(NC(=O)c1cc(Cl)cc(Cl)c1Cl)C(=O)c1ccccc1. The summed E-state index contributed by atoms with van der Waals surface area (Å²) in [5.74, 6) is -0.917. The number of hydrogen-bond donors (Lipinski definition) is 1. The first kappa shape index (κ1) is 19.6. The highest BCUT2D eigenvalue weighted by Gasteiger charge is 2.30. The van der Waals surface area contributed by atoms with Gasteiger partial charge in [0.1, 0.15) is 0 Å². The molecule has 0 aliphatic rings. The Hall–Kier alpha value is -1.75. The van der Waals surface area contributed by atoms with E-state index in [1.165, 1.54) is 17.1 Å². The molecule has 0 saturated carbocycles. The minimum absolute atomic E-state index is 0.0737. The van der Waals surface area contributed by atoms with E-state index in [2.05, 4.69) is 5.43 Å². The number of hydrogen-bond acceptors (Lipinski definition) is 2. The summed E-state index contributed by atoms with van der Waals surface area (Å²) in [6.07, 6.45) is 0. The van der Waals surface area contributed by atoms with Crippen molar-refractivity contribution in [1.82, 2.24) is 10.4 Å². The summed E-state index contributed by atoms with van der Waals surface area (Å²) in [6.45, 7) is 5.42. The molecule has 7 heteroatoms. The Kier molecular flexibility index (Phi) is 5.99. The number of carbonyl (C=O) groups excluding carboxylic acids is 2. The summed E-state index contributed by atoms with van der Waals surface area (Å²) in [5, 5.41) is 1.77. The van der Waals surface area contributed by atoms with E-state index in [9.17, 15) is 9.59 Å². The van der Waals surface area contributed by atoms with Crippen LogP contribution in [0.15, 0.2) is 42.5 Å². The van der Waals surface area contributed by atoms with Crippen molar-refractivity contribution in [2.75, 3.05) is 0 Å². The predicted octanol–water partition coefficient (Wildman–Crippen LogP) is 5.23. The van der Waals surface area contributed by atoms with Gasteiger partial charge in [0.15, 0.2) is 0 Å². The maximum absolute atomic E-state index is 12.8. The largest absolute Gasteiger partial charge is 0.272 e. The van der Waals surface area contributed by atoms with Crippen LogP contribution < -0.4 is 5.43 Å². The molecule has 1 N–H and O–H groups in total. The molecule has 0 aliphatic carbocycles. The van der Waals surface area contributed by atoms with Gasteiger partial charge in [-0.05, 0) is 45.0 Å². The van der Waals surface area contributed by atoms with Gasteiger partial charge < -0.3 is 0 Å². The molecule has 0 spiro atoms. The first-order valence-corrected chi connectivity index (χ1v) is 8.60. The second-order valence-electron chi connectivity index (χ2n) is 6.37. The van der Waals surface area contributed by atoms with E-state index in [4.69, 9.17) is 34.8 Å². The van der Waals surface area contributed by atoms with Crippen LogP contribution in [-0.2, 0) is 0 Å². The maximum Gasteiger partial charge on any atom is 0.272 e. The molecule has 132 valence electrons. The molecule has 0 heterocycles. The van der Waals surface area contributed by atoms with Crippen LogP contribution in [0.1, 0.15) is 41.5 Å². The molecule has 2 rings (SSSR count). The fraction of sp³-hybridized carbons (Fsp3) is 0.222. The number of carbonyl (C=O) groups is 2. The highest BCUT2D eigenvalue weighted by molar-refractivity contribution is 6.45. The van der Waals surface area contributed by atoms with Crippen LogP contribution in [0.5, 0.6) is 0 Å². The molecule has 2 aromatic carbocycles. The van der Waals surface area contributed by atoms with Crippen molar-refractivity contribution in [1.29, 1.82) is 0 Å². The summed E-state index contributed by atoms with van der Waals surface area (Å²) in [7, 11) is 0. The third-order valence-electron chi connectivity index (χ3n) is 3.35. The molecule has 0 aliphatic heterocycles. The Morgan fingerprint density at radius 1 is 1.00 bits per heavy atom. The predicted molar refractivity (Wildman–Crippen MR) is 101 cm³/mol. The zero-order chi connectivity index (χ0) is 18.8. The Balaban J connectivity index is 2.36. The maximum atomic E-state index is 12.8. The van der Waals surface area contributed by atoms with E-state index < -0.39 is 11.4 Å². The summed E-state index contributed by atoms with van der Waals surface area (Å²) >= 11 is 18.0. The zero-order valence-electron chi connectivity index (χ0n) is 13.9. The first-order valence-electron chi connectivity index (χ1n) is 7.46. The Morgan fingerprint density at radius 3 is 2.16 bits per heavy atom. The highest BCUT2D eigenvalue weighted by atomic mass is 35.5. The van der Waals surface area contributed by atoms with E-state index in [-0.39, 0.29) is 26.5 Å². The lowest BCUT2D eigenvalue weighted by atomic mass is 10.1. The third kappa shape index (κ3) is 4.66. The van der Waals surface area contributed by atoms with Crippen LogP contribution in [0.4, 0.5) is 0 Å². The summed E-state index contributed by atoms with van der Waals surface area (Å²) in [6, 6.07) is 11.5. The van der Waals surface area contributed by atoms with Gasteiger partial charge in [0, 0.05) is 10.6 Å². The Bertz CT molecular complexity index is 802. The molecular formula is C18H17Cl3N2O2. The molecular weight excluding hydrogens is 383 g/mol. The van der Waals surface area contributed by atoms with E-state index in [0.29, 0.717) is 5.56 Å². The van der Waals surface area contributed by atoms with Crippen molar-refractivity contribution in [3.63, 3.8) is 0 Å². The first-order chi connectivity index (χ1) is 11.6. The smallest absolute Gasteiger partial charge is 0.267 e. The summed E-state index contributed by atoms with van der Waals surface area (Å²) in [4.78, 5) is 25.5. The Labute approximate surface area is 161 Å². The molecule has 0 saturated heterocycles. The van der Waals surface area contributed by atoms with Gasteiger partial charge in [0.05, 0.1) is 21.1 Å². The number of nitrogens with one attached hydrogen (secondary N) is 1. The van der Waals surface area contributed by atoms with Crippen LogP contribution in [-0.4, -0.2) is 22.4 Å². The van der Waals surface area contributed by atoms with Gasteiger partial charge >= 0.3 is 0 Å². The van der Waals surface area contributed by atoms with Crippen LogP contribution in [0.25, 0.3) is 0 Å². The van der Waals surface area contributed by atoms with Crippen molar-refractivity contribution < 1.29 is 9.59 Å². The van der Waals surface area contributed by atoms with E-state index >= 15 is 0 Å². The topological polar surface area (TPSA) is 49.4 Å². The molecule has 0 radical (unpaired) electrons. The second kappa shape index (κ2) is 7.65. The van der Waals surface area contributed by atoms with Crippen LogP contribution in [0, 0.1) is 0 Å².